The number of nitrogens with one attached hydrogen (secondary N) is 2. The average molecular weight is 471 g/mol. The van der Waals surface area contributed by atoms with Crippen molar-refractivity contribution >= 4 is 37.8 Å². The lowest BCUT2D eigenvalue weighted by atomic mass is 9.93. The van der Waals surface area contributed by atoms with Crippen LogP contribution in [0.2, 0.25) is 0 Å². The number of nitrogens with zero attached hydrogens (tertiary/aromatic N) is 2. The molecule has 1 heterocycles. The fourth-order valence-corrected chi connectivity index (χ4v) is 4.79. The number of sulfonamides is 1. The first-order valence-electron chi connectivity index (χ1n) is 9.67. The zero-order chi connectivity index (χ0) is 23.8. The lowest BCUT2D eigenvalue weighted by Crippen LogP contribution is -2.56. The molecule has 9 nitrogen and oxygen atoms in total. The molecule has 0 radical (unpaired) electrons. The zero-order valence-electron chi connectivity index (χ0n) is 18.8. The van der Waals surface area contributed by atoms with E-state index in [2.05, 4.69) is 15.1 Å². The van der Waals surface area contributed by atoms with E-state index in [1.54, 1.807) is 71.9 Å². The second-order valence-electron chi connectivity index (χ2n) is 9.49. The molecule has 2 unspecified atom stereocenters. The molecule has 0 fully saturated rings. The summed E-state index contributed by atoms with van der Waals surface area (Å²) < 4.78 is 40.0. The number of carbonyl (C=O) groups is 2. The van der Waals surface area contributed by atoms with Gasteiger partial charge in [0.2, 0.25) is 27.0 Å². The molecule has 0 spiro atoms. The summed E-state index contributed by atoms with van der Waals surface area (Å²) in [6.45, 7) is 9.72. The number of hydrazone groups is 1. The zero-order valence-corrected chi connectivity index (χ0v) is 20.5. The minimum Gasteiger partial charge on any atom is -0.301 e. The third-order valence-electron chi connectivity index (χ3n) is 4.55. The smallest absolute Gasteiger partial charge is 0.249 e. The first-order valence-corrected chi connectivity index (χ1v) is 12.7. The van der Waals surface area contributed by atoms with Gasteiger partial charge >= 0.3 is 0 Å². The summed E-state index contributed by atoms with van der Waals surface area (Å²) in [6, 6.07) is 8.43. The molecule has 2 atom stereocenters. The van der Waals surface area contributed by atoms with Crippen molar-refractivity contribution in [1.82, 2.24) is 15.0 Å². The van der Waals surface area contributed by atoms with Gasteiger partial charge in [0.05, 0.1) is 12.8 Å². The van der Waals surface area contributed by atoms with E-state index in [9.17, 15) is 22.2 Å². The number of amides is 2. The molecule has 2 N–H and O–H groups in total. The lowest BCUT2D eigenvalue weighted by Gasteiger charge is -2.37. The van der Waals surface area contributed by atoms with Crippen LogP contribution in [0.1, 0.15) is 47.1 Å². The minimum absolute atomic E-state index is 0.198. The van der Waals surface area contributed by atoms with Gasteiger partial charge in [-0.1, -0.05) is 71.9 Å². The molecule has 2 amide bonds. The van der Waals surface area contributed by atoms with E-state index in [1.807, 2.05) is 0 Å². The van der Waals surface area contributed by atoms with E-state index in [0.717, 1.165) is 11.3 Å². The van der Waals surface area contributed by atoms with Crippen molar-refractivity contribution in [2.45, 2.75) is 46.4 Å². The number of hydrogen-bond donors (Lipinski definition) is 2. The Morgan fingerprint density at radius 1 is 1.06 bits per heavy atom. The summed E-state index contributed by atoms with van der Waals surface area (Å²) in [5, 5.41) is 7.67. The van der Waals surface area contributed by atoms with Crippen LogP contribution in [0.5, 0.6) is 0 Å². The standard InChI is InChI=1S/C20H30N4O5S2/c1-18(2,3)15(25)22-17-23-24(16(26)19(4,5)6)20(30(17)27,13-21-31(7,28)29)14-11-9-8-10-12-14/h8-12,21H,13H2,1-7H3,(H,22,23,25). The maximum atomic E-state index is 13.8. The predicted octanol–water partition coefficient (Wildman–Crippen LogP) is 1.46. The predicted molar refractivity (Wildman–Crippen MR) is 120 cm³/mol. The van der Waals surface area contributed by atoms with Crippen LogP contribution in [-0.2, 0) is 35.3 Å². The molecule has 2 rings (SSSR count). The van der Waals surface area contributed by atoms with Gasteiger partial charge in [0, 0.05) is 10.8 Å². The van der Waals surface area contributed by atoms with E-state index in [4.69, 9.17) is 0 Å². The van der Waals surface area contributed by atoms with Crippen LogP contribution in [-0.4, -0.2) is 47.4 Å². The van der Waals surface area contributed by atoms with Gasteiger partial charge in [0.15, 0.2) is 4.87 Å². The first-order chi connectivity index (χ1) is 14.0. The van der Waals surface area contributed by atoms with Gasteiger partial charge < -0.3 is 5.32 Å². The van der Waals surface area contributed by atoms with Gasteiger partial charge in [-0.3, -0.25) is 9.59 Å². The molecule has 1 aliphatic heterocycles. The largest absolute Gasteiger partial charge is 0.301 e. The van der Waals surface area contributed by atoms with Crippen LogP contribution in [0.4, 0.5) is 0 Å². The monoisotopic (exact) mass is 470 g/mol. The number of carbonyl (C=O) groups excluding carboxylic acids is 2. The topological polar surface area (TPSA) is 125 Å². The van der Waals surface area contributed by atoms with E-state index in [1.165, 1.54) is 0 Å². The quantitative estimate of drug-likeness (QED) is 0.689. The van der Waals surface area contributed by atoms with Gasteiger partial charge in [-0.15, -0.1) is 5.10 Å². The summed E-state index contributed by atoms with van der Waals surface area (Å²) in [5.41, 5.74) is -1.29. The van der Waals surface area contributed by atoms with Crippen molar-refractivity contribution in [2.75, 3.05) is 12.8 Å². The van der Waals surface area contributed by atoms with Gasteiger partial charge in [-0.2, -0.15) is 0 Å². The Kier molecular flexibility index (Phi) is 6.85. The molecule has 11 heteroatoms. The Bertz CT molecular complexity index is 1020. The summed E-state index contributed by atoms with van der Waals surface area (Å²) in [5.74, 6) is -0.900. The molecule has 0 bridgehead atoms. The van der Waals surface area contributed by atoms with Gasteiger partial charge in [0.25, 0.3) is 0 Å². The van der Waals surface area contributed by atoms with Crippen molar-refractivity contribution in [3.8, 4) is 0 Å². The molecule has 0 saturated carbocycles. The Morgan fingerprint density at radius 3 is 2.06 bits per heavy atom. The Morgan fingerprint density at radius 2 is 1.61 bits per heavy atom. The number of rotatable bonds is 4. The lowest BCUT2D eigenvalue weighted by molar-refractivity contribution is -0.143. The van der Waals surface area contributed by atoms with E-state index >= 15 is 0 Å². The molecule has 0 aromatic heterocycles. The number of amidine groups is 1. The van der Waals surface area contributed by atoms with Gasteiger partial charge in [-0.25, -0.2) is 22.4 Å². The van der Waals surface area contributed by atoms with Crippen molar-refractivity contribution in [2.24, 2.45) is 15.9 Å². The third kappa shape index (κ3) is 5.39. The van der Waals surface area contributed by atoms with Gasteiger partial charge in [-0.05, 0) is 5.56 Å². The Labute approximate surface area is 186 Å². The van der Waals surface area contributed by atoms with Crippen LogP contribution in [0.3, 0.4) is 0 Å². The van der Waals surface area contributed by atoms with E-state index < -0.39 is 48.3 Å². The second kappa shape index (κ2) is 8.44. The highest BCUT2D eigenvalue weighted by molar-refractivity contribution is 8.01. The third-order valence-corrected chi connectivity index (χ3v) is 6.92. The fraction of sp³-hybridized carbons (Fsp3) is 0.550. The number of hydrogen-bond acceptors (Lipinski definition) is 6. The summed E-state index contributed by atoms with van der Waals surface area (Å²) in [4.78, 5) is 24.2. The van der Waals surface area contributed by atoms with Crippen LogP contribution < -0.4 is 10.0 Å². The van der Waals surface area contributed by atoms with Crippen molar-refractivity contribution in [3.63, 3.8) is 0 Å². The summed E-state index contributed by atoms with van der Waals surface area (Å²) >= 11 is 0. The van der Waals surface area contributed by atoms with Crippen LogP contribution in [0.25, 0.3) is 0 Å². The molecular weight excluding hydrogens is 440 g/mol. The highest BCUT2D eigenvalue weighted by Crippen LogP contribution is 2.40. The molecule has 1 aliphatic rings. The number of benzene rings is 1. The first kappa shape index (κ1) is 25.2. The molecule has 1 aromatic carbocycles. The second-order valence-corrected chi connectivity index (χ2v) is 12.9. The molecule has 1 aromatic rings. The SMILES string of the molecule is CC(C)(C)C(=O)NC1=NN(C(=O)C(C)(C)C)C(CNS(C)(=O)=O)(c2ccccc2)S1=O. The van der Waals surface area contributed by atoms with Crippen LogP contribution >= 0.6 is 0 Å². The van der Waals surface area contributed by atoms with Crippen LogP contribution in [0, 0.1) is 10.8 Å². The average Bonchev–Trinajstić information content (AvgIpc) is 2.91. The van der Waals surface area contributed by atoms with E-state index in [-0.39, 0.29) is 11.7 Å². The molecule has 172 valence electrons. The van der Waals surface area contributed by atoms with Crippen molar-refractivity contribution in [3.05, 3.63) is 35.9 Å². The van der Waals surface area contributed by atoms with E-state index in [0.29, 0.717) is 5.56 Å². The summed E-state index contributed by atoms with van der Waals surface area (Å²) in [7, 11) is -5.78. The van der Waals surface area contributed by atoms with Crippen molar-refractivity contribution in [1.29, 1.82) is 0 Å². The molecule has 31 heavy (non-hydrogen) atoms. The van der Waals surface area contributed by atoms with Crippen molar-refractivity contribution < 1.29 is 22.2 Å². The molecule has 0 saturated heterocycles. The maximum absolute atomic E-state index is 13.8. The minimum atomic E-state index is -3.69. The maximum Gasteiger partial charge on any atom is 0.249 e. The highest BCUT2D eigenvalue weighted by atomic mass is 32.2. The summed E-state index contributed by atoms with van der Waals surface area (Å²) in [6.07, 6.45) is 0.975. The van der Waals surface area contributed by atoms with Gasteiger partial charge in [0.1, 0.15) is 10.8 Å². The Balaban J connectivity index is 2.70. The normalized spacial score (nSPS) is 22.2. The fourth-order valence-electron chi connectivity index (χ4n) is 2.73. The molecular formula is C20H30N4O5S2. The van der Waals surface area contributed by atoms with Crippen LogP contribution in [0.15, 0.2) is 35.4 Å². The highest BCUT2D eigenvalue weighted by Gasteiger charge is 2.56. The Hall–Kier alpha value is -2.11. The molecule has 0 aliphatic carbocycles.